The van der Waals surface area contributed by atoms with Gasteiger partial charge in [0.2, 0.25) is 11.8 Å². The molecule has 1 aromatic heterocycles. The highest BCUT2D eigenvalue weighted by molar-refractivity contribution is 8.15. The molecule has 0 spiro atoms. The third-order valence-electron chi connectivity index (χ3n) is 4.91. The molecule has 12 heteroatoms. The lowest BCUT2D eigenvalue weighted by atomic mass is 9.96. The zero-order chi connectivity index (χ0) is 27.6. The Morgan fingerprint density at radius 2 is 2.00 bits per heavy atom. The molecule has 0 unspecified atom stereocenters. The van der Waals surface area contributed by atoms with Crippen LogP contribution in [0.4, 0.5) is 14.5 Å². The Morgan fingerprint density at radius 3 is 2.59 bits per heavy atom. The van der Waals surface area contributed by atoms with E-state index in [9.17, 15) is 18.4 Å². The Morgan fingerprint density at radius 1 is 1.27 bits per heavy atom. The fourth-order valence-corrected chi connectivity index (χ4v) is 4.05. The number of benzene rings is 1. The van der Waals surface area contributed by atoms with E-state index in [4.69, 9.17) is 16.9 Å². The van der Waals surface area contributed by atoms with Crippen molar-refractivity contribution in [2.45, 2.75) is 44.4 Å². The Balaban J connectivity index is 2.29. The summed E-state index contributed by atoms with van der Waals surface area (Å²) in [6.45, 7) is 6.03. The van der Waals surface area contributed by atoms with Crippen LogP contribution in [0.15, 0.2) is 35.6 Å². The number of nitrogens with one attached hydrogen (secondary N) is 2. The summed E-state index contributed by atoms with van der Waals surface area (Å²) in [5.41, 5.74) is 5.23. The van der Waals surface area contributed by atoms with Crippen LogP contribution in [0.1, 0.15) is 43.7 Å². The topological polar surface area (TPSA) is 132 Å². The summed E-state index contributed by atoms with van der Waals surface area (Å²) >= 11 is 0.955. The number of thioether (sulfide) groups is 1. The molecule has 2 amide bonds. The fourth-order valence-electron chi connectivity index (χ4n) is 3.02. The third kappa shape index (κ3) is 8.71. The van der Waals surface area contributed by atoms with Crippen molar-refractivity contribution in [3.05, 3.63) is 47.7 Å². The molecule has 4 N–H and O–H groups in total. The summed E-state index contributed by atoms with van der Waals surface area (Å²) < 4.78 is 32.0. The number of alkyl halides is 1. The number of rotatable bonds is 11. The number of aromatic nitrogens is 2. The van der Waals surface area contributed by atoms with E-state index >= 15 is 0 Å². The molecule has 2 aromatic rings. The van der Waals surface area contributed by atoms with E-state index in [1.165, 1.54) is 44.4 Å². The van der Waals surface area contributed by atoms with E-state index in [2.05, 4.69) is 31.5 Å². The van der Waals surface area contributed by atoms with Gasteiger partial charge in [0.25, 0.3) is 5.91 Å². The number of nitrogens with zero attached hydrogens (tertiary/aromatic N) is 3. The lowest BCUT2D eigenvalue weighted by Gasteiger charge is -2.32. The van der Waals surface area contributed by atoms with E-state index in [-0.39, 0.29) is 41.0 Å². The molecule has 198 valence electrons. The van der Waals surface area contributed by atoms with Crippen molar-refractivity contribution in [1.29, 1.82) is 0 Å². The zero-order valence-electron chi connectivity index (χ0n) is 21.1. The largest absolute Gasteiger partial charge is 0.463 e. The highest BCUT2D eigenvalue weighted by Gasteiger charge is 2.39. The van der Waals surface area contributed by atoms with Crippen molar-refractivity contribution < 1.29 is 23.1 Å². The van der Waals surface area contributed by atoms with Gasteiger partial charge >= 0.3 is 0 Å². The van der Waals surface area contributed by atoms with Gasteiger partial charge in [-0.25, -0.2) is 18.7 Å². The molecule has 0 bridgehead atoms. The molecular weight excluding hydrogens is 502 g/mol. The molecule has 0 aliphatic carbocycles. The Labute approximate surface area is 219 Å². The molecule has 0 saturated heterocycles. The minimum atomic E-state index is -1.33. The molecule has 0 saturated carbocycles. The van der Waals surface area contributed by atoms with Gasteiger partial charge in [0, 0.05) is 12.2 Å². The van der Waals surface area contributed by atoms with Crippen LogP contribution < -0.4 is 21.1 Å². The number of halogens is 2. The van der Waals surface area contributed by atoms with Crippen molar-refractivity contribution in [2.75, 3.05) is 25.1 Å². The quantitative estimate of drug-likeness (QED) is 0.230. The van der Waals surface area contributed by atoms with Crippen LogP contribution in [0, 0.1) is 18.2 Å². The van der Waals surface area contributed by atoms with Crippen LogP contribution in [0.2, 0.25) is 0 Å². The molecule has 37 heavy (non-hydrogen) atoms. The predicted octanol–water partition coefficient (Wildman–Crippen LogP) is 3.11. The second-order valence-corrected chi connectivity index (χ2v) is 10.3. The fraction of sp³-hybridized carbons (Fsp3) is 0.400. The summed E-state index contributed by atoms with van der Waals surface area (Å²) in [6, 6.07) is 3.95. The maximum absolute atomic E-state index is 14.8. The number of amidine groups is 1. The number of carbonyl (C=O) groups excluding carboxylic acids is 2. The average Bonchev–Trinajstić information content (AvgIpc) is 2.84. The normalized spacial score (nSPS) is 13.3. The SMILES string of the molecule is C#CCOc1cnc(C(=O)Nc2ccc(F)c(C[C@@](C)(SC(N)=NCC)C(=O)NC(C)(C)CF)c2)cn1. The van der Waals surface area contributed by atoms with Crippen LogP contribution in [0.25, 0.3) is 0 Å². The highest BCUT2D eigenvalue weighted by atomic mass is 32.2. The Bertz CT molecular complexity index is 1180. The lowest BCUT2D eigenvalue weighted by molar-refractivity contribution is -0.124. The maximum Gasteiger partial charge on any atom is 0.275 e. The summed E-state index contributed by atoms with van der Waals surface area (Å²) in [4.78, 5) is 37.9. The van der Waals surface area contributed by atoms with Gasteiger partial charge < -0.3 is 21.1 Å². The van der Waals surface area contributed by atoms with Gasteiger partial charge in [-0.2, -0.15) is 0 Å². The van der Waals surface area contributed by atoms with Gasteiger partial charge in [-0.05, 0) is 57.9 Å². The number of hydrogen-bond acceptors (Lipinski definition) is 7. The van der Waals surface area contributed by atoms with Crippen molar-refractivity contribution in [3.63, 3.8) is 0 Å². The first-order valence-corrected chi connectivity index (χ1v) is 12.1. The van der Waals surface area contributed by atoms with Gasteiger partial charge in [0.1, 0.15) is 22.9 Å². The number of nitrogens with two attached hydrogens (primary N) is 1. The molecule has 1 aromatic carbocycles. The second-order valence-electron chi connectivity index (χ2n) is 8.79. The number of ether oxygens (including phenoxy) is 1. The molecule has 0 radical (unpaired) electrons. The van der Waals surface area contributed by atoms with E-state index in [0.717, 1.165) is 11.8 Å². The van der Waals surface area contributed by atoms with E-state index in [0.29, 0.717) is 6.54 Å². The molecule has 0 aliphatic heterocycles. The van der Waals surface area contributed by atoms with E-state index < -0.39 is 34.6 Å². The van der Waals surface area contributed by atoms with E-state index in [1.807, 2.05) is 0 Å². The molecule has 2 rings (SSSR count). The summed E-state index contributed by atoms with van der Waals surface area (Å²) in [5.74, 6) is 0.734. The summed E-state index contributed by atoms with van der Waals surface area (Å²) in [6.07, 6.45) is 7.47. The van der Waals surface area contributed by atoms with Gasteiger partial charge in [-0.1, -0.05) is 17.7 Å². The predicted molar refractivity (Wildman–Crippen MR) is 141 cm³/mol. The molecule has 0 fully saturated rings. The van der Waals surface area contributed by atoms with Gasteiger partial charge in [0.05, 0.1) is 17.9 Å². The number of hydrogen-bond donors (Lipinski definition) is 3. The number of amides is 2. The third-order valence-corrected chi connectivity index (χ3v) is 6.02. The first-order valence-electron chi connectivity index (χ1n) is 11.3. The standard InChI is InChI=1S/C25H30F2N6O3S/c1-6-10-36-20-14-30-19(13-31-20)21(34)32-17-8-9-18(27)16(11-17)12-25(5,37-23(28)29-7-2)22(35)33-24(3,4)15-26/h1,8-9,11,13-14H,7,10,12,15H2,2-5H3,(H2,28,29)(H,32,34)(H,33,35)/t25-/m1/s1. The van der Waals surface area contributed by atoms with Crippen LogP contribution in [0.5, 0.6) is 5.88 Å². The molecule has 9 nitrogen and oxygen atoms in total. The van der Waals surface area contributed by atoms with E-state index in [1.54, 1.807) is 13.8 Å². The number of carbonyl (C=O) groups is 2. The van der Waals surface area contributed by atoms with Crippen LogP contribution in [-0.4, -0.2) is 57.1 Å². The zero-order valence-corrected chi connectivity index (χ0v) is 21.9. The minimum absolute atomic E-state index is 0.00397. The summed E-state index contributed by atoms with van der Waals surface area (Å²) in [7, 11) is 0. The Hall–Kier alpha value is -3.72. The van der Waals surface area contributed by atoms with Crippen LogP contribution in [0.3, 0.4) is 0 Å². The molecule has 1 heterocycles. The highest BCUT2D eigenvalue weighted by Crippen LogP contribution is 2.32. The Kier molecular flexibility index (Phi) is 10.4. The van der Waals surface area contributed by atoms with Gasteiger partial charge in [-0.15, -0.1) is 6.42 Å². The smallest absolute Gasteiger partial charge is 0.275 e. The lowest BCUT2D eigenvalue weighted by Crippen LogP contribution is -2.54. The molecule has 1 atom stereocenters. The van der Waals surface area contributed by atoms with Crippen molar-refractivity contribution in [3.8, 4) is 18.2 Å². The van der Waals surface area contributed by atoms with Crippen molar-refractivity contribution >= 4 is 34.4 Å². The molecule has 0 aliphatic rings. The number of terminal acetylenes is 1. The number of aliphatic imine (C=N–C) groups is 1. The van der Waals surface area contributed by atoms with Crippen LogP contribution >= 0.6 is 11.8 Å². The van der Waals surface area contributed by atoms with Gasteiger partial charge in [0.15, 0.2) is 11.8 Å². The van der Waals surface area contributed by atoms with Crippen molar-refractivity contribution in [1.82, 2.24) is 15.3 Å². The first kappa shape index (κ1) is 29.5. The monoisotopic (exact) mass is 532 g/mol. The molecular formula is C25H30F2N6O3S. The minimum Gasteiger partial charge on any atom is -0.463 e. The first-order chi connectivity index (χ1) is 17.4. The van der Waals surface area contributed by atoms with Crippen molar-refractivity contribution in [2.24, 2.45) is 10.7 Å². The number of anilines is 1. The van der Waals surface area contributed by atoms with Crippen LogP contribution in [-0.2, 0) is 11.2 Å². The van der Waals surface area contributed by atoms with Gasteiger partial charge in [-0.3, -0.25) is 14.6 Å². The summed E-state index contributed by atoms with van der Waals surface area (Å²) in [5, 5.41) is 5.41. The second kappa shape index (κ2) is 13.0. The average molecular weight is 533 g/mol. The maximum atomic E-state index is 14.8.